The molecule has 0 saturated heterocycles. The molecule has 0 unspecified atom stereocenters. The molecule has 2 heterocycles. The van der Waals surface area contributed by atoms with Crippen molar-refractivity contribution in [1.29, 1.82) is 0 Å². The van der Waals surface area contributed by atoms with Gasteiger partial charge in [0.25, 0.3) is 0 Å². The maximum atomic E-state index is 11.1. The minimum absolute atomic E-state index is 0.104. The van der Waals surface area contributed by atoms with Crippen molar-refractivity contribution >= 4 is 16.9 Å². The van der Waals surface area contributed by atoms with E-state index in [0.717, 1.165) is 11.1 Å². The molecule has 0 atom stereocenters. The van der Waals surface area contributed by atoms with Crippen LogP contribution < -0.4 is 4.74 Å². The summed E-state index contributed by atoms with van der Waals surface area (Å²) in [5.41, 5.74) is 2.96. The molecule has 4 aromatic rings. The molecule has 25 heavy (non-hydrogen) atoms. The van der Waals surface area contributed by atoms with Crippen LogP contribution in [0.5, 0.6) is 11.5 Å². The molecule has 0 saturated carbocycles. The second-order valence-corrected chi connectivity index (χ2v) is 5.58. The van der Waals surface area contributed by atoms with Gasteiger partial charge in [-0.3, -0.25) is 4.98 Å². The molecular formula is C20H14N2O3. The monoisotopic (exact) mass is 330 g/mol. The summed E-state index contributed by atoms with van der Waals surface area (Å²) in [5, 5.41) is 9.79. The molecule has 0 aliphatic rings. The van der Waals surface area contributed by atoms with Gasteiger partial charge < -0.3 is 14.8 Å². The Morgan fingerprint density at radius 1 is 0.960 bits per heavy atom. The topological polar surface area (TPSA) is 75.2 Å². The van der Waals surface area contributed by atoms with Gasteiger partial charge in [0.05, 0.1) is 17.9 Å². The normalized spacial score (nSPS) is 10.7. The molecule has 0 amide bonds. The quantitative estimate of drug-likeness (QED) is 0.568. The van der Waals surface area contributed by atoms with Gasteiger partial charge in [-0.1, -0.05) is 42.5 Å². The van der Waals surface area contributed by atoms with Gasteiger partial charge in [0, 0.05) is 5.39 Å². The third-order valence-corrected chi connectivity index (χ3v) is 3.93. The van der Waals surface area contributed by atoms with E-state index in [1.807, 2.05) is 54.6 Å². The number of nitrogens with zero attached hydrogens (tertiary/aromatic N) is 1. The van der Waals surface area contributed by atoms with Crippen LogP contribution >= 0.6 is 0 Å². The van der Waals surface area contributed by atoms with Crippen molar-refractivity contribution in [3.63, 3.8) is 0 Å². The molecule has 4 rings (SSSR count). The Bertz CT molecular complexity index is 1040. The average molecular weight is 330 g/mol. The largest absolute Gasteiger partial charge is 0.477 e. The van der Waals surface area contributed by atoms with Crippen LogP contribution in [0.2, 0.25) is 0 Å². The number of ether oxygens (including phenoxy) is 1. The molecule has 2 aromatic heterocycles. The number of aromatic nitrogens is 2. The zero-order valence-electron chi connectivity index (χ0n) is 13.1. The molecule has 0 bridgehead atoms. The molecule has 5 heteroatoms. The lowest BCUT2D eigenvalue weighted by Gasteiger charge is -2.07. The summed E-state index contributed by atoms with van der Waals surface area (Å²) in [6, 6.07) is 19.4. The maximum absolute atomic E-state index is 11.1. The van der Waals surface area contributed by atoms with Crippen LogP contribution in [0, 0.1) is 0 Å². The molecule has 0 fully saturated rings. The van der Waals surface area contributed by atoms with Crippen molar-refractivity contribution in [2.75, 3.05) is 0 Å². The Hall–Kier alpha value is -3.60. The first-order chi connectivity index (χ1) is 12.2. The lowest BCUT2D eigenvalue weighted by atomic mass is 10.1. The number of fused-ring (bicyclic) bond motifs is 1. The smallest absolute Gasteiger partial charge is 0.352 e. The number of aromatic carboxylic acids is 1. The number of hydrogen-bond acceptors (Lipinski definition) is 3. The second-order valence-electron chi connectivity index (χ2n) is 5.58. The summed E-state index contributed by atoms with van der Waals surface area (Å²) in [6.07, 6.45) is 3.15. The fourth-order valence-corrected chi connectivity index (χ4v) is 2.69. The van der Waals surface area contributed by atoms with Crippen molar-refractivity contribution in [3.05, 3.63) is 78.8 Å². The summed E-state index contributed by atoms with van der Waals surface area (Å²) in [5.74, 6) is 0.148. The van der Waals surface area contributed by atoms with E-state index in [1.54, 1.807) is 18.5 Å². The Balaban J connectivity index is 1.64. The first-order valence-corrected chi connectivity index (χ1v) is 7.74. The van der Waals surface area contributed by atoms with Crippen LogP contribution in [-0.4, -0.2) is 21.0 Å². The Morgan fingerprint density at radius 3 is 2.40 bits per heavy atom. The number of hydrogen-bond donors (Lipinski definition) is 2. The van der Waals surface area contributed by atoms with E-state index in [1.165, 1.54) is 0 Å². The number of nitrogens with one attached hydrogen (secondary N) is 1. The van der Waals surface area contributed by atoms with Gasteiger partial charge >= 0.3 is 5.97 Å². The van der Waals surface area contributed by atoms with Crippen molar-refractivity contribution < 1.29 is 14.6 Å². The molecule has 2 N–H and O–H groups in total. The summed E-state index contributed by atoms with van der Waals surface area (Å²) in [6.45, 7) is 0. The number of carboxylic acids is 1. The third-order valence-electron chi connectivity index (χ3n) is 3.93. The molecule has 0 aliphatic heterocycles. The third kappa shape index (κ3) is 2.95. The number of pyridine rings is 1. The number of rotatable bonds is 4. The highest BCUT2D eigenvalue weighted by molar-refractivity contribution is 5.95. The SMILES string of the molecule is O=C(O)c1cc2c(Oc3ccc(-c4ccccc4)cc3)cncc2[nH]1. The van der Waals surface area contributed by atoms with Gasteiger partial charge in [-0.2, -0.15) is 0 Å². The van der Waals surface area contributed by atoms with Gasteiger partial charge in [0.1, 0.15) is 11.4 Å². The van der Waals surface area contributed by atoms with E-state index in [2.05, 4.69) is 9.97 Å². The Labute approximate surface area is 143 Å². The van der Waals surface area contributed by atoms with Gasteiger partial charge in [0.15, 0.2) is 5.75 Å². The van der Waals surface area contributed by atoms with Crippen molar-refractivity contribution in [1.82, 2.24) is 9.97 Å². The lowest BCUT2D eigenvalue weighted by molar-refractivity contribution is 0.0691. The van der Waals surface area contributed by atoms with Gasteiger partial charge in [-0.25, -0.2) is 4.79 Å². The number of aromatic amines is 1. The Kier molecular flexibility index (Phi) is 3.67. The van der Waals surface area contributed by atoms with Crippen LogP contribution in [0.15, 0.2) is 73.1 Å². The predicted molar refractivity (Wildman–Crippen MR) is 95.0 cm³/mol. The molecule has 2 aromatic carbocycles. The highest BCUT2D eigenvalue weighted by Gasteiger charge is 2.12. The maximum Gasteiger partial charge on any atom is 0.352 e. The van der Waals surface area contributed by atoms with E-state index in [-0.39, 0.29) is 5.69 Å². The van der Waals surface area contributed by atoms with Crippen molar-refractivity contribution in [2.24, 2.45) is 0 Å². The number of H-pyrrole nitrogens is 1. The fourth-order valence-electron chi connectivity index (χ4n) is 2.69. The fraction of sp³-hybridized carbons (Fsp3) is 0. The zero-order chi connectivity index (χ0) is 17.2. The number of carbonyl (C=O) groups is 1. The van der Waals surface area contributed by atoms with Gasteiger partial charge in [0.2, 0.25) is 0 Å². The summed E-state index contributed by atoms with van der Waals surface area (Å²) in [7, 11) is 0. The molecule has 0 spiro atoms. The highest BCUT2D eigenvalue weighted by atomic mass is 16.5. The van der Waals surface area contributed by atoms with Crippen molar-refractivity contribution in [2.45, 2.75) is 0 Å². The van der Waals surface area contributed by atoms with Crippen LogP contribution in [0.25, 0.3) is 22.0 Å². The highest BCUT2D eigenvalue weighted by Crippen LogP contribution is 2.31. The van der Waals surface area contributed by atoms with E-state index in [4.69, 9.17) is 9.84 Å². The minimum atomic E-state index is -1.02. The molecule has 122 valence electrons. The molecule has 0 aliphatic carbocycles. The van der Waals surface area contributed by atoms with E-state index in [0.29, 0.717) is 22.4 Å². The first kappa shape index (κ1) is 15.0. The molecule has 5 nitrogen and oxygen atoms in total. The van der Waals surface area contributed by atoms with Crippen LogP contribution in [-0.2, 0) is 0 Å². The predicted octanol–water partition coefficient (Wildman–Crippen LogP) is 4.72. The zero-order valence-corrected chi connectivity index (χ0v) is 13.1. The summed E-state index contributed by atoms with van der Waals surface area (Å²) in [4.78, 5) is 18.0. The van der Waals surface area contributed by atoms with E-state index in [9.17, 15) is 4.79 Å². The first-order valence-electron chi connectivity index (χ1n) is 7.74. The van der Waals surface area contributed by atoms with Crippen LogP contribution in [0.4, 0.5) is 0 Å². The van der Waals surface area contributed by atoms with E-state index >= 15 is 0 Å². The van der Waals surface area contributed by atoms with Crippen molar-refractivity contribution in [3.8, 4) is 22.6 Å². The van der Waals surface area contributed by atoms with Gasteiger partial charge in [-0.15, -0.1) is 0 Å². The minimum Gasteiger partial charge on any atom is -0.477 e. The lowest BCUT2D eigenvalue weighted by Crippen LogP contribution is -1.94. The van der Waals surface area contributed by atoms with Gasteiger partial charge in [-0.05, 0) is 29.3 Å². The Morgan fingerprint density at radius 2 is 1.68 bits per heavy atom. The van der Waals surface area contributed by atoms with Crippen LogP contribution in [0.1, 0.15) is 10.5 Å². The summed E-state index contributed by atoms with van der Waals surface area (Å²) >= 11 is 0. The van der Waals surface area contributed by atoms with E-state index < -0.39 is 5.97 Å². The van der Waals surface area contributed by atoms with Crippen LogP contribution in [0.3, 0.4) is 0 Å². The summed E-state index contributed by atoms with van der Waals surface area (Å²) < 4.78 is 5.90. The molecular weight excluding hydrogens is 316 g/mol. The second kappa shape index (κ2) is 6.13. The standard InChI is InChI=1S/C20H14N2O3/c23-20(24)17-10-16-18(22-17)11-21-12-19(16)25-15-8-6-14(7-9-15)13-4-2-1-3-5-13/h1-12,22H,(H,23,24). The average Bonchev–Trinajstić information content (AvgIpc) is 3.09. The molecule has 0 radical (unpaired) electrons. The number of carboxylic acid groups (broad SMARTS) is 1. The number of benzene rings is 2.